The van der Waals surface area contributed by atoms with Crippen LogP contribution in [0.5, 0.6) is 0 Å². The number of rotatable bonds is 6. The van der Waals surface area contributed by atoms with E-state index in [0.29, 0.717) is 17.9 Å². The van der Waals surface area contributed by atoms with Crippen LogP contribution in [0.4, 0.5) is 0 Å². The Morgan fingerprint density at radius 3 is 3.15 bits per heavy atom. The Labute approximate surface area is 115 Å². The van der Waals surface area contributed by atoms with Crippen LogP contribution < -0.4 is 11.1 Å². The minimum absolute atomic E-state index is 0.164. The van der Waals surface area contributed by atoms with Crippen molar-refractivity contribution in [1.82, 2.24) is 15.1 Å². The molecule has 2 rings (SSSR count). The molecule has 0 fully saturated rings. The van der Waals surface area contributed by atoms with Crippen LogP contribution >= 0.6 is 0 Å². The number of nitrogens with one attached hydrogen (secondary N) is 1. The SMILES string of the molecule is Cn1cc(/C(N)=N/OCC(=O)NCc2ccco2)cn1. The lowest BCUT2D eigenvalue weighted by Gasteiger charge is -2.02. The molecular formula is C12H15N5O3. The maximum atomic E-state index is 11.5. The number of hydrogen-bond acceptors (Lipinski definition) is 5. The summed E-state index contributed by atoms with van der Waals surface area (Å²) in [6.45, 7) is 0.0820. The minimum Gasteiger partial charge on any atom is -0.467 e. The molecule has 2 aromatic rings. The van der Waals surface area contributed by atoms with Crippen LogP contribution in [-0.4, -0.2) is 28.1 Å². The molecule has 0 unspecified atom stereocenters. The number of amides is 1. The molecule has 1 amide bonds. The van der Waals surface area contributed by atoms with Gasteiger partial charge in [-0.15, -0.1) is 0 Å². The third-order valence-corrected chi connectivity index (χ3v) is 2.40. The summed E-state index contributed by atoms with van der Waals surface area (Å²) in [6, 6.07) is 3.51. The van der Waals surface area contributed by atoms with Crippen LogP contribution in [0.2, 0.25) is 0 Å². The highest BCUT2D eigenvalue weighted by molar-refractivity contribution is 5.96. The maximum absolute atomic E-state index is 11.5. The van der Waals surface area contributed by atoms with E-state index in [4.69, 9.17) is 15.0 Å². The molecule has 0 saturated carbocycles. The number of nitrogens with zero attached hydrogens (tertiary/aromatic N) is 3. The van der Waals surface area contributed by atoms with Crippen molar-refractivity contribution in [2.75, 3.05) is 6.61 Å². The van der Waals surface area contributed by atoms with Crippen LogP contribution in [0, 0.1) is 0 Å². The fraction of sp³-hybridized carbons (Fsp3) is 0.250. The van der Waals surface area contributed by atoms with Gasteiger partial charge in [0.05, 0.1) is 24.6 Å². The second-order valence-corrected chi connectivity index (χ2v) is 4.01. The predicted octanol–water partition coefficient (Wildman–Crippen LogP) is -0.0336. The lowest BCUT2D eigenvalue weighted by Crippen LogP contribution is -2.26. The summed E-state index contributed by atoms with van der Waals surface area (Å²) in [4.78, 5) is 16.3. The van der Waals surface area contributed by atoms with E-state index in [2.05, 4.69) is 15.6 Å². The van der Waals surface area contributed by atoms with Gasteiger partial charge in [0.25, 0.3) is 5.91 Å². The molecule has 0 aliphatic rings. The predicted molar refractivity (Wildman–Crippen MR) is 70.4 cm³/mol. The topological polar surface area (TPSA) is 108 Å². The zero-order chi connectivity index (χ0) is 14.4. The van der Waals surface area contributed by atoms with Gasteiger partial charge in [0.1, 0.15) is 5.76 Å². The molecule has 0 saturated heterocycles. The molecule has 3 N–H and O–H groups in total. The van der Waals surface area contributed by atoms with E-state index >= 15 is 0 Å². The van der Waals surface area contributed by atoms with E-state index in [0.717, 1.165) is 0 Å². The standard InChI is InChI=1S/C12H15N5O3/c1-17-7-9(5-15-17)12(13)16-20-8-11(18)14-6-10-3-2-4-19-10/h2-5,7H,6,8H2,1H3,(H2,13,16)(H,14,18). The fourth-order valence-corrected chi connectivity index (χ4v) is 1.42. The van der Waals surface area contributed by atoms with Gasteiger partial charge in [-0.3, -0.25) is 9.48 Å². The summed E-state index contributed by atoms with van der Waals surface area (Å²) in [5.74, 6) is 0.512. The van der Waals surface area contributed by atoms with E-state index in [1.807, 2.05) is 0 Å². The van der Waals surface area contributed by atoms with E-state index in [9.17, 15) is 4.79 Å². The van der Waals surface area contributed by atoms with Crippen molar-refractivity contribution in [3.8, 4) is 0 Å². The summed E-state index contributed by atoms with van der Waals surface area (Å²) in [5.41, 5.74) is 6.30. The van der Waals surface area contributed by atoms with E-state index < -0.39 is 0 Å². The maximum Gasteiger partial charge on any atom is 0.261 e. The molecular weight excluding hydrogens is 262 g/mol. The first-order valence-corrected chi connectivity index (χ1v) is 5.88. The Morgan fingerprint density at radius 2 is 2.50 bits per heavy atom. The van der Waals surface area contributed by atoms with E-state index in [1.54, 1.807) is 36.3 Å². The van der Waals surface area contributed by atoms with Crippen molar-refractivity contribution in [3.05, 3.63) is 42.1 Å². The Morgan fingerprint density at radius 1 is 1.65 bits per heavy atom. The normalized spacial score (nSPS) is 11.3. The fourth-order valence-electron chi connectivity index (χ4n) is 1.42. The number of furan rings is 1. The number of aromatic nitrogens is 2. The molecule has 106 valence electrons. The second kappa shape index (κ2) is 6.41. The molecule has 0 aliphatic heterocycles. The monoisotopic (exact) mass is 277 g/mol. The van der Waals surface area contributed by atoms with Crippen LogP contribution in [-0.2, 0) is 23.2 Å². The third-order valence-electron chi connectivity index (χ3n) is 2.40. The van der Waals surface area contributed by atoms with Crippen LogP contribution in [0.1, 0.15) is 11.3 Å². The van der Waals surface area contributed by atoms with Gasteiger partial charge in [0.15, 0.2) is 12.4 Å². The molecule has 0 atom stereocenters. The first-order chi connectivity index (χ1) is 9.65. The van der Waals surface area contributed by atoms with Gasteiger partial charge >= 0.3 is 0 Å². The van der Waals surface area contributed by atoms with Crippen molar-refractivity contribution in [2.24, 2.45) is 17.9 Å². The first kappa shape index (κ1) is 13.7. The molecule has 8 heteroatoms. The average molecular weight is 277 g/mol. The summed E-state index contributed by atoms with van der Waals surface area (Å²) in [5, 5.41) is 10.2. The number of hydrogen-bond donors (Lipinski definition) is 2. The van der Waals surface area contributed by atoms with Gasteiger partial charge < -0.3 is 20.3 Å². The highest BCUT2D eigenvalue weighted by Crippen LogP contribution is 1.98. The van der Waals surface area contributed by atoms with Gasteiger partial charge in [0.2, 0.25) is 0 Å². The van der Waals surface area contributed by atoms with Crippen molar-refractivity contribution < 1.29 is 14.0 Å². The van der Waals surface area contributed by atoms with Gasteiger partial charge in [-0.25, -0.2) is 0 Å². The van der Waals surface area contributed by atoms with E-state index in [-0.39, 0.29) is 18.3 Å². The molecule has 0 aromatic carbocycles. The number of carbonyl (C=O) groups is 1. The van der Waals surface area contributed by atoms with Crippen molar-refractivity contribution >= 4 is 11.7 Å². The number of nitrogens with two attached hydrogens (primary N) is 1. The lowest BCUT2D eigenvalue weighted by molar-refractivity contribution is -0.125. The zero-order valence-corrected chi connectivity index (χ0v) is 10.9. The zero-order valence-electron chi connectivity index (χ0n) is 10.9. The molecule has 0 radical (unpaired) electrons. The highest BCUT2D eigenvalue weighted by Gasteiger charge is 2.05. The molecule has 8 nitrogen and oxygen atoms in total. The quantitative estimate of drug-likeness (QED) is 0.438. The molecule has 0 bridgehead atoms. The molecule has 0 aliphatic carbocycles. The summed E-state index contributed by atoms with van der Waals surface area (Å²) in [7, 11) is 1.76. The highest BCUT2D eigenvalue weighted by atomic mass is 16.6. The second-order valence-electron chi connectivity index (χ2n) is 4.01. The van der Waals surface area contributed by atoms with Gasteiger partial charge in [-0.1, -0.05) is 5.16 Å². The molecule has 2 heterocycles. The largest absolute Gasteiger partial charge is 0.467 e. The third kappa shape index (κ3) is 3.87. The Balaban J connectivity index is 1.73. The lowest BCUT2D eigenvalue weighted by atomic mass is 10.3. The van der Waals surface area contributed by atoms with E-state index in [1.165, 1.54) is 6.26 Å². The summed E-state index contributed by atoms with van der Waals surface area (Å²) < 4.78 is 6.67. The Kier molecular flexibility index (Phi) is 4.38. The number of amidine groups is 1. The summed E-state index contributed by atoms with van der Waals surface area (Å²) >= 11 is 0. The number of oxime groups is 1. The Hall–Kier alpha value is -2.77. The Bertz CT molecular complexity index is 588. The smallest absolute Gasteiger partial charge is 0.261 e. The van der Waals surface area contributed by atoms with Crippen molar-refractivity contribution in [2.45, 2.75) is 6.54 Å². The number of aryl methyl sites for hydroxylation is 1. The van der Waals surface area contributed by atoms with Gasteiger partial charge in [0, 0.05) is 13.2 Å². The molecule has 0 spiro atoms. The summed E-state index contributed by atoms with van der Waals surface area (Å²) in [6.07, 6.45) is 4.79. The van der Waals surface area contributed by atoms with Crippen LogP contribution in [0.3, 0.4) is 0 Å². The van der Waals surface area contributed by atoms with Gasteiger partial charge in [-0.2, -0.15) is 5.10 Å². The van der Waals surface area contributed by atoms with Crippen LogP contribution in [0.15, 0.2) is 40.4 Å². The van der Waals surface area contributed by atoms with Crippen LogP contribution in [0.25, 0.3) is 0 Å². The first-order valence-electron chi connectivity index (χ1n) is 5.88. The van der Waals surface area contributed by atoms with Crippen molar-refractivity contribution in [3.63, 3.8) is 0 Å². The van der Waals surface area contributed by atoms with Crippen molar-refractivity contribution in [1.29, 1.82) is 0 Å². The average Bonchev–Trinajstić information content (AvgIpc) is 3.07. The molecule has 20 heavy (non-hydrogen) atoms. The number of carbonyl (C=O) groups excluding carboxylic acids is 1. The molecule has 2 aromatic heterocycles. The minimum atomic E-state index is -0.316. The van der Waals surface area contributed by atoms with Gasteiger partial charge in [-0.05, 0) is 12.1 Å².